The fourth-order valence-corrected chi connectivity index (χ4v) is 6.40. The van der Waals surface area contributed by atoms with Gasteiger partial charge in [0.2, 0.25) is 0 Å². The van der Waals surface area contributed by atoms with Crippen LogP contribution >= 0.6 is 0 Å². The molecule has 0 amide bonds. The van der Waals surface area contributed by atoms with Gasteiger partial charge in [0.15, 0.2) is 0 Å². The first kappa shape index (κ1) is 33.1. The van der Waals surface area contributed by atoms with Gasteiger partial charge in [-0.25, -0.2) is 0 Å². The second kappa shape index (κ2) is 16.3. The third-order valence-corrected chi connectivity index (χ3v) is 8.73. The monoisotopic (exact) mass is 636 g/mol. The summed E-state index contributed by atoms with van der Waals surface area (Å²) >= 11 is 0. The van der Waals surface area contributed by atoms with Gasteiger partial charge in [-0.1, -0.05) is 159 Å². The van der Waals surface area contributed by atoms with E-state index in [-0.39, 0.29) is 0 Å². The van der Waals surface area contributed by atoms with E-state index in [1.54, 1.807) is 0 Å². The summed E-state index contributed by atoms with van der Waals surface area (Å²) in [6.45, 7) is 7.04. The van der Waals surface area contributed by atoms with E-state index in [0.29, 0.717) is 0 Å². The van der Waals surface area contributed by atoms with Crippen LogP contribution in [0.5, 0.6) is 0 Å². The molecule has 6 aromatic rings. The molecule has 2 heteroatoms. The van der Waals surface area contributed by atoms with Gasteiger partial charge in [0.1, 0.15) is 0 Å². The van der Waals surface area contributed by atoms with Gasteiger partial charge in [-0.3, -0.25) is 0 Å². The Hall–Kier alpha value is -5.86. The summed E-state index contributed by atoms with van der Waals surface area (Å²) in [6, 6.07) is 49.6. The highest BCUT2D eigenvalue weighted by Crippen LogP contribution is 2.35. The van der Waals surface area contributed by atoms with E-state index in [2.05, 4.69) is 206 Å². The van der Waals surface area contributed by atoms with Crippen molar-refractivity contribution in [3.05, 3.63) is 206 Å². The van der Waals surface area contributed by atoms with Crippen molar-refractivity contribution in [2.75, 3.05) is 23.4 Å². The Balaban J connectivity index is 1.35. The molecule has 0 atom stereocenters. The predicted octanol–water partition coefficient (Wildman–Crippen LogP) is 12.3. The summed E-state index contributed by atoms with van der Waals surface area (Å²) in [5.41, 5.74) is 8.19. The molecule has 49 heavy (non-hydrogen) atoms. The minimum atomic E-state index is 0.754. The number of benzene rings is 6. The summed E-state index contributed by atoms with van der Waals surface area (Å²) in [5, 5.41) is 5.04. The maximum absolute atomic E-state index is 4.09. The first-order valence-corrected chi connectivity index (χ1v) is 17.1. The zero-order valence-electron chi connectivity index (χ0n) is 28.5. The number of rotatable bonds is 13. The summed E-state index contributed by atoms with van der Waals surface area (Å²) in [4.78, 5) is 4.70. The first-order chi connectivity index (χ1) is 24.2. The highest BCUT2D eigenvalue weighted by Gasteiger charge is 2.15. The number of likely N-dealkylation sites (N-methyl/N-ethyl adjacent to an activating group) is 1. The smallest absolute Gasteiger partial charge is 0.0525 e. The van der Waals surface area contributed by atoms with Gasteiger partial charge in [-0.05, 0) is 76.7 Å². The van der Waals surface area contributed by atoms with Crippen LogP contribution in [-0.2, 0) is 6.42 Å². The molecule has 0 aliphatic carbocycles. The second-order valence-electron chi connectivity index (χ2n) is 12.2. The van der Waals surface area contributed by atoms with E-state index in [1.165, 1.54) is 43.9 Å². The Labute approximate surface area is 292 Å². The number of nitrogens with zero attached hydrogens (tertiary/aromatic N) is 2. The highest BCUT2D eigenvalue weighted by atomic mass is 15.2. The normalized spacial score (nSPS) is 12.3. The van der Waals surface area contributed by atoms with Crippen LogP contribution in [-0.4, -0.2) is 13.6 Å². The van der Waals surface area contributed by atoms with Crippen molar-refractivity contribution in [3.8, 4) is 11.1 Å². The zero-order valence-corrected chi connectivity index (χ0v) is 28.5. The molecule has 0 unspecified atom stereocenters. The van der Waals surface area contributed by atoms with Gasteiger partial charge in [0.25, 0.3) is 0 Å². The average Bonchev–Trinajstić information content (AvgIpc) is 3.15. The Morgan fingerprint density at radius 1 is 0.633 bits per heavy atom. The van der Waals surface area contributed by atoms with Crippen molar-refractivity contribution in [1.29, 1.82) is 0 Å². The molecule has 2 nitrogen and oxygen atoms in total. The largest absolute Gasteiger partial charge is 0.370 e. The van der Waals surface area contributed by atoms with Crippen molar-refractivity contribution in [2.45, 2.75) is 19.8 Å². The van der Waals surface area contributed by atoms with Crippen molar-refractivity contribution in [2.24, 2.45) is 0 Å². The van der Waals surface area contributed by atoms with Crippen molar-refractivity contribution in [1.82, 2.24) is 0 Å². The molecule has 242 valence electrons. The lowest BCUT2D eigenvalue weighted by Gasteiger charge is -2.28. The molecule has 0 aromatic heterocycles. The van der Waals surface area contributed by atoms with Gasteiger partial charge in [-0.2, -0.15) is 0 Å². The minimum absolute atomic E-state index is 0.754. The molecule has 0 spiro atoms. The molecule has 0 heterocycles. The van der Waals surface area contributed by atoms with Crippen LogP contribution in [0.2, 0.25) is 0 Å². The molecule has 6 rings (SSSR count). The van der Waals surface area contributed by atoms with Crippen LogP contribution < -0.4 is 9.80 Å². The summed E-state index contributed by atoms with van der Waals surface area (Å²) in [6.07, 6.45) is 17.0. The molecule has 0 fully saturated rings. The number of fused-ring (bicyclic) bond motifs is 2. The SMILES string of the molecule is C=C/C=C(\C=C/Cc1ccccc1)N(C(/C=C\CN(C)c1c2ccccc2cc2ccccc12)=C/CC)c1ccc(-c2ccccc2)cc1. The second-order valence-corrected chi connectivity index (χ2v) is 12.2. The van der Waals surface area contributed by atoms with Crippen LogP contribution in [0.1, 0.15) is 18.9 Å². The van der Waals surface area contributed by atoms with E-state index < -0.39 is 0 Å². The lowest BCUT2D eigenvalue weighted by molar-refractivity contribution is 1.04. The lowest BCUT2D eigenvalue weighted by atomic mass is 10.0. The average molecular weight is 637 g/mol. The highest BCUT2D eigenvalue weighted by molar-refractivity contribution is 6.11. The summed E-state index contributed by atoms with van der Waals surface area (Å²) < 4.78 is 0. The number of hydrogen-bond acceptors (Lipinski definition) is 2. The van der Waals surface area contributed by atoms with Crippen molar-refractivity contribution >= 4 is 32.9 Å². The molecular formula is C47H44N2. The fourth-order valence-electron chi connectivity index (χ4n) is 6.40. The standard InChI is InChI=1S/C47H44N2/c1-4-18-42(27-16-22-37-20-8-6-9-21-37)49(44-33-31-39(32-34-44)38-23-10-7-11-24-38)43(19-5-2)28-17-35-48(3)47-45-29-14-12-25-40(45)36-41-26-13-15-30-46(41)47/h4,6-21,23-34,36H,1,5,22,35H2,2-3H3/b27-16-,28-17-,42-18+,43-19+. The Kier molecular flexibility index (Phi) is 11.0. The maximum atomic E-state index is 4.09. The molecule has 0 saturated carbocycles. The molecule has 0 saturated heterocycles. The molecule has 0 radical (unpaired) electrons. The molecule has 0 aliphatic rings. The van der Waals surface area contributed by atoms with E-state index in [1.807, 2.05) is 6.08 Å². The van der Waals surface area contributed by atoms with Crippen molar-refractivity contribution < 1.29 is 0 Å². The first-order valence-electron chi connectivity index (χ1n) is 17.1. The van der Waals surface area contributed by atoms with E-state index >= 15 is 0 Å². The van der Waals surface area contributed by atoms with Gasteiger partial charge < -0.3 is 9.80 Å². The fraction of sp³-hybridized carbons (Fsp3) is 0.106. The van der Waals surface area contributed by atoms with Crippen molar-refractivity contribution in [3.63, 3.8) is 0 Å². The van der Waals surface area contributed by atoms with Crippen LogP contribution in [0.25, 0.3) is 32.7 Å². The van der Waals surface area contributed by atoms with Gasteiger partial charge in [0.05, 0.1) is 5.69 Å². The third-order valence-electron chi connectivity index (χ3n) is 8.73. The van der Waals surface area contributed by atoms with Crippen LogP contribution in [0, 0.1) is 0 Å². The van der Waals surface area contributed by atoms with Gasteiger partial charge in [-0.15, -0.1) is 0 Å². The minimum Gasteiger partial charge on any atom is -0.370 e. The van der Waals surface area contributed by atoms with E-state index in [0.717, 1.165) is 36.5 Å². The molecular weight excluding hydrogens is 593 g/mol. The van der Waals surface area contributed by atoms with E-state index in [4.69, 9.17) is 0 Å². The molecule has 6 aromatic carbocycles. The summed E-state index contributed by atoms with van der Waals surface area (Å²) in [5.74, 6) is 0. The van der Waals surface area contributed by atoms with Gasteiger partial charge in [0, 0.05) is 41.4 Å². The Bertz CT molecular complexity index is 2060. The molecule has 0 bridgehead atoms. The lowest BCUT2D eigenvalue weighted by Crippen LogP contribution is -2.21. The predicted molar refractivity (Wildman–Crippen MR) is 214 cm³/mol. The third kappa shape index (κ3) is 8.00. The zero-order chi connectivity index (χ0) is 33.8. The topological polar surface area (TPSA) is 6.48 Å². The maximum Gasteiger partial charge on any atom is 0.0525 e. The quantitative estimate of drug-likeness (QED) is 0.0919. The number of allylic oxidation sites excluding steroid dienone is 6. The Morgan fingerprint density at radius 3 is 1.84 bits per heavy atom. The summed E-state index contributed by atoms with van der Waals surface area (Å²) in [7, 11) is 2.19. The Morgan fingerprint density at radius 2 is 1.20 bits per heavy atom. The van der Waals surface area contributed by atoms with Crippen LogP contribution in [0.3, 0.4) is 0 Å². The number of hydrogen-bond donors (Lipinski definition) is 0. The molecule has 0 N–H and O–H groups in total. The van der Waals surface area contributed by atoms with Crippen LogP contribution in [0.4, 0.5) is 11.4 Å². The molecule has 0 aliphatic heterocycles. The van der Waals surface area contributed by atoms with Crippen LogP contribution in [0.15, 0.2) is 200 Å². The van der Waals surface area contributed by atoms with Gasteiger partial charge >= 0.3 is 0 Å². The number of anilines is 2. The van der Waals surface area contributed by atoms with E-state index in [9.17, 15) is 0 Å².